The van der Waals surface area contributed by atoms with Gasteiger partial charge in [-0.25, -0.2) is 0 Å². The maximum Gasteiger partial charge on any atom is 0.0874 e. The highest BCUT2D eigenvalue weighted by Crippen LogP contribution is 2.24. The van der Waals surface area contributed by atoms with Crippen LogP contribution in [0.5, 0.6) is 0 Å². The number of aromatic nitrogens is 1. The Labute approximate surface area is 105 Å². The Kier molecular flexibility index (Phi) is 4.62. The third-order valence-corrected chi connectivity index (χ3v) is 3.06. The molecule has 1 aromatic rings. The molecule has 0 saturated carbocycles. The molecule has 0 fully saturated rings. The highest BCUT2D eigenvalue weighted by Gasteiger charge is 2.11. The maximum absolute atomic E-state index is 4.78. The lowest BCUT2D eigenvalue weighted by atomic mass is 9.97. The fraction of sp³-hybridized carbons (Fsp3) is 0.467. The molecule has 0 aromatic carbocycles. The molecular formula is C15H22N2. The Morgan fingerprint density at radius 2 is 2.12 bits per heavy atom. The smallest absolute Gasteiger partial charge is 0.0874 e. The number of aryl methyl sites for hydroxylation is 2. The van der Waals surface area contributed by atoms with Gasteiger partial charge < -0.3 is 0 Å². The summed E-state index contributed by atoms with van der Waals surface area (Å²) in [7, 11) is 0. The summed E-state index contributed by atoms with van der Waals surface area (Å²) in [5.41, 5.74) is 5.27. The van der Waals surface area contributed by atoms with E-state index >= 15 is 0 Å². The van der Waals surface area contributed by atoms with Crippen LogP contribution in [-0.2, 0) is 0 Å². The first-order chi connectivity index (χ1) is 7.97. The van der Waals surface area contributed by atoms with Crippen molar-refractivity contribution in [3.63, 3.8) is 0 Å². The van der Waals surface area contributed by atoms with Crippen molar-refractivity contribution < 1.29 is 0 Å². The molecule has 1 rings (SSSR count). The van der Waals surface area contributed by atoms with E-state index in [0.29, 0.717) is 5.92 Å². The number of rotatable bonds is 4. The van der Waals surface area contributed by atoms with E-state index in [1.165, 1.54) is 5.56 Å². The molecule has 2 nitrogen and oxygen atoms in total. The SMILES string of the molecule is C=C(C)/C(=N/c1c(C)ccnc1C)[C@@H](C)CC. The topological polar surface area (TPSA) is 25.2 Å². The lowest BCUT2D eigenvalue weighted by molar-refractivity contribution is 0.738. The largest absolute Gasteiger partial charge is 0.259 e. The van der Waals surface area contributed by atoms with Gasteiger partial charge >= 0.3 is 0 Å². The second kappa shape index (κ2) is 5.76. The number of hydrogen-bond acceptors (Lipinski definition) is 2. The Bertz CT molecular complexity index is 424. The molecular weight excluding hydrogens is 208 g/mol. The summed E-state index contributed by atoms with van der Waals surface area (Å²) in [6.45, 7) is 14.5. The van der Waals surface area contributed by atoms with Crippen LogP contribution in [-0.4, -0.2) is 10.7 Å². The molecule has 0 spiro atoms. The van der Waals surface area contributed by atoms with Crippen LogP contribution in [0, 0.1) is 19.8 Å². The summed E-state index contributed by atoms with van der Waals surface area (Å²) in [5.74, 6) is 0.437. The Morgan fingerprint density at radius 1 is 1.47 bits per heavy atom. The second-order valence-electron chi connectivity index (χ2n) is 4.65. The summed E-state index contributed by atoms with van der Waals surface area (Å²) in [5, 5.41) is 0. The van der Waals surface area contributed by atoms with E-state index in [-0.39, 0.29) is 0 Å². The van der Waals surface area contributed by atoms with Crippen LogP contribution in [0.3, 0.4) is 0 Å². The third-order valence-electron chi connectivity index (χ3n) is 3.06. The molecule has 0 aliphatic carbocycles. The molecule has 0 N–H and O–H groups in total. The van der Waals surface area contributed by atoms with Crippen LogP contribution in [0.4, 0.5) is 5.69 Å². The molecule has 1 heterocycles. The second-order valence-corrected chi connectivity index (χ2v) is 4.65. The van der Waals surface area contributed by atoms with Crippen molar-refractivity contribution >= 4 is 11.4 Å². The van der Waals surface area contributed by atoms with Gasteiger partial charge in [0.05, 0.1) is 11.4 Å². The predicted octanol–water partition coefficient (Wildman–Crippen LogP) is 4.39. The number of nitrogens with zero attached hydrogens (tertiary/aromatic N) is 2. The zero-order chi connectivity index (χ0) is 13.0. The molecule has 0 radical (unpaired) electrons. The van der Waals surface area contributed by atoms with E-state index in [2.05, 4.69) is 32.3 Å². The highest BCUT2D eigenvalue weighted by atomic mass is 14.8. The lowest BCUT2D eigenvalue weighted by Gasteiger charge is -2.14. The first-order valence-electron chi connectivity index (χ1n) is 6.14. The fourth-order valence-corrected chi connectivity index (χ4v) is 1.80. The fourth-order valence-electron chi connectivity index (χ4n) is 1.80. The standard InChI is InChI=1S/C15H22N2/c1-7-11(4)14(10(2)3)17-15-12(5)8-9-16-13(15)6/h8-9,11H,2,7H2,1,3-6H3/b17-14-/t11-/m0/s1. The van der Waals surface area contributed by atoms with Crippen LogP contribution < -0.4 is 0 Å². The van der Waals surface area contributed by atoms with E-state index in [1.54, 1.807) is 0 Å². The van der Waals surface area contributed by atoms with E-state index < -0.39 is 0 Å². The average Bonchev–Trinajstić information content (AvgIpc) is 2.27. The Balaban J connectivity index is 3.27. The van der Waals surface area contributed by atoms with Gasteiger partial charge in [0.1, 0.15) is 0 Å². The molecule has 0 amide bonds. The van der Waals surface area contributed by atoms with Crippen molar-refractivity contribution in [2.24, 2.45) is 10.9 Å². The predicted molar refractivity (Wildman–Crippen MR) is 75.1 cm³/mol. The van der Waals surface area contributed by atoms with Crippen LogP contribution in [0.15, 0.2) is 29.4 Å². The van der Waals surface area contributed by atoms with E-state index in [4.69, 9.17) is 4.99 Å². The van der Waals surface area contributed by atoms with E-state index in [1.807, 2.05) is 26.1 Å². The van der Waals surface area contributed by atoms with Gasteiger partial charge in [0.2, 0.25) is 0 Å². The summed E-state index contributed by atoms with van der Waals surface area (Å²) in [6, 6.07) is 2.00. The van der Waals surface area contributed by atoms with Crippen molar-refractivity contribution in [3.05, 3.63) is 35.7 Å². The molecule has 0 aliphatic heterocycles. The van der Waals surface area contributed by atoms with Gasteiger partial charge in [-0.05, 0) is 50.3 Å². The highest BCUT2D eigenvalue weighted by molar-refractivity contribution is 6.02. The van der Waals surface area contributed by atoms with Gasteiger partial charge in [0.25, 0.3) is 0 Å². The Hall–Kier alpha value is -1.44. The lowest BCUT2D eigenvalue weighted by Crippen LogP contribution is -2.11. The molecule has 0 aliphatic rings. The summed E-state index contributed by atoms with van der Waals surface area (Å²) < 4.78 is 0. The van der Waals surface area contributed by atoms with Crippen molar-refractivity contribution in [1.29, 1.82) is 0 Å². The normalized spacial score (nSPS) is 13.6. The first-order valence-corrected chi connectivity index (χ1v) is 6.14. The van der Waals surface area contributed by atoms with Gasteiger partial charge in [-0.1, -0.05) is 20.4 Å². The van der Waals surface area contributed by atoms with Crippen LogP contribution in [0.25, 0.3) is 0 Å². The van der Waals surface area contributed by atoms with E-state index in [0.717, 1.165) is 29.1 Å². The monoisotopic (exact) mass is 230 g/mol. The molecule has 1 atom stereocenters. The van der Waals surface area contributed by atoms with Crippen LogP contribution in [0.2, 0.25) is 0 Å². The van der Waals surface area contributed by atoms with Crippen molar-refractivity contribution in [1.82, 2.24) is 4.98 Å². The minimum Gasteiger partial charge on any atom is -0.259 e. The number of hydrogen-bond donors (Lipinski definition) is 0. The van der Waals surface area contributed by atoms with Crippen molar-refractivity contribution in [3.8, 4) is 0 Å². The minimum absolute atomic E-state index is 0.437. The number of allylic oxidation sites excluding steroid dienone is 1. The zero-order valence-electron chi connectivity index (χ0n) is 11.5. The van der Waals surface area contributed by atoms with Crippen LogP contribution >= 0.6 is 0 Å². The molecule has 2 heteroatoms. The zero-order valence-corrected chi connectivity index (χ0v) is 11.5. The average molecular weight is 230 g/mol. The molecule has 0 bridgehead atoms. The third kappa shape index (κ3) is 3.26. The molecule has 0 saturated heterocycles. The number of aliphatic imine (C=N–C) groups is 1. The summed E-state index contributed by atoms with van der Waals surface area (Å²) >= 11 is 0. The first kappa shape index (κ1) is 13.6. The van der Waals surface area contributed by atoms with Gasteiger partial charge in [0, 0.05) is 11.9 Å². The maximum atomic E-state index is 4.78. The van der Waals surface area contributed by atoms with E-state index in [9.17, 15) is 0 Å². The molecule has 92 valence electrons. The van der Waals surface area contributed by atoms with Crippen molar-refractivity contribution in [2.45, 2.75) is 41.0 Å². The van der Waals surface area contributed by atoms with Gasteiger partial charge in [-0.15, -0.1) is 0 Å². The molecule has 0 unspecified atom stereocenters. The minimum atomic E-state index is 0.437. The number of pyridine rings is 1. The summed E-state index contributed by atoms with van der Waals surface area (Å²) in [4.78, 5) is 9.08. The Morgan fingerprint density at radius 3 is 2.59 bits per heavy atom. The van der Waals surface area contributed by atoms with Gasteiger partial charge in [-0.2, -0.15) is 0 Å². The van der Waals surface area contributed by atoms with Gasteiger partial charge in [0.15, 0.2) is 0 Å². The molecule has 17 heavy (non-hydrogen) atoms. The molecule has 1 aromatic heterocycles. The quantitative estimate of drug-likeness (QED) is 0.704. The van der Waals surface area contributed by atoms with Gasteiger partial charge in [-0.3, -0.25) is 9.98 Å². The summed E-state index contributed by atoms with van der Waals surface area (Å²) in [6.07, 6.45) is 2.90. The van der Waals surface area contributed by atoms with Crippen LogP contribution in [0.1, 0.15) is 38.4 Å². The van der Waals surface area contributed by atoms with Crippen molar-refractivity contribution in [2.75, 3.05) is 0 Å².